The molecular weight excluding hydrogens is 262 g/mol. The molecular formula is C17H25N3O. The maximum Gasteiger partial charge on any atom is 0.157 e. The summed E-state index contributed by atoms with van der Waals surface area (Å²) in [5, 5.41) is 7.69. The van der Waals surface area contributed by atoms with E-state index in [1.165, 1.54) is 11.1 Å². The molecule has 1 N–H and O–H groups in total. The van der Waals surface area contributed by atoms with Gasteiger partial charge in [0.25, 0.3) is 0 Å². The van der Waals surface area contributed by atoms with Gasteiger partial charge in [0.2, 0.25) is 0 Å². The van der Waals surface area contributed by atoms with Gasteiger partial charge in [0, 0.05) is 19.1 Å². The second kappa shape index (κ2) is 7.84. The highest BCUT2D eigenvalue weighted by molar-refractivity contribution is 5.24. The largest absolute Gasteiger partial charge is 0.486 e. The lowest BCUT2D eigenvalue weighted by Crippen LogP contribution is -2.21. The van der Waals surface area contributed by atoms with Gasteiger partial charge in [-0.25, -0.2) is 0 Å². The van der Waals surface area contributed by atoms with Crippen LogP contribution in [0.2, 0.25) is 0 Å². The third-order valence-electron chi connectivity index (χ3n) is 3.17. The molecule has 0 saturated carbocycles. The van der Waals surface area contributed by atoms with Crippen LogP contribution in [0.25, 0.3) is 0 Å². The molecule has 4 nitrogen and oxygen atoms in total. The first kappa shape index (κ1) is 15.6. The molecule has 0 amide bonds. The van der Waals surface area contributed by atoms with E-state index in [-0.39, 0.29) is 0 Å². The second-order valence-electron chi connectivity index (χ2n) is 5.58. The van der Waals surface area contributed by atoms with Crippen LogP contribution in [-0.2, 0) is 19.7 Å². The first-order chi connectivity index (χ1) is 10.2. The number of rotatable bonds is 8. The Morgan fingerprint density at radius 3 is 2.86 bits per heavy atom. The summed E-state index contributed by atoms with van der Waals surface area (Å²) in [5.74, 6) is 0.828. The van der Waals surface area contributed by atoms with Gasteiger partial charge < -0.3 is 10.1 Å². The van der Waals surface area contributed by atoms with Crippen molar-refractivity contribution in [2.45, 2.75) is 52.9 Å². The van der Waals surface area contributed by atoms with Gasteiger partial charge in [0.15, 0.2) is 5.75 Å². The van der Waals surface area contributed by atoms with E-state index in [2.05, 4.69) is 55.5 Å². The van der Waals surface area contributed by atoms with Gasteiger partial charge in [-0.05, 0) is 17.5 Å². The van der Waals surface area contributed by atoms with Crippen LogP contribution in [0.4, 0.5) is 0 Å². The fourth-order valence-corrected chi connectivity index (χ4v) is 2.09. The monoisotopic (exact) mass is 287 g/mol. The summed E-state index contributed by atoms with van der Waals surface area (Å²) in [6.07, 6.45) is 4.81. The topological polar surface area (TPSA) is 39.1 Å². The quantitative estimate of drug-likeness (QED) is 0.809. The minimum absolute atomic E-state index is 0.495. The van der Waals surface area contributed by atoms with E-state index in [1.807, 2.05) is 10.9 Å². The molecule has 4 heteroatoms. The van der Waals surface area contributed by atoms with Gasteiger partial charge in [0.05, 0.1) is 12.4 Å². The summed E-state index contributed by atoms with van der Waals surface area (Å²) in [6, 6.07) is 8.99. The second-order valence-corrected chi connectivity index (χ2v) is 5.58. The fraction of sp³-hybridized carbons (Fsp3) is 0.471. The third kappa shape index (κ3) is 5.23. The Hall–Kier alpha value is -1.81. The fourth-order valence-electron chi connectivity index (χ4n) is 2.09. The normalized spacial score (nSPS) is 11.0. The standard InChI is InChI=1S/C17H25N3O/c1-4-8-20-12-17(11-19-20)21-13-16-7-5-6-15(9-16)10-18-14(2)3/h5-7,9,11-12,14,18H,4,8,10,13H2,1-3H3. The molecule has 0 fully saturated rings. The number of nitrogens with zero attached hydrogens (tertiary/aromatic N) is 2. The van der Waals surface area contributed by atoms with Crippen LogP contribution < -0.4 is 10.1 Å². The number of nitrogens with one attached hydrogen (secondary N) is 1. The van der Waals surface area contributed by atoms with Crippen LogP contribution in [0.5, 0.6) is 5.75 Å². The van der Waals surface area contributed by atoms with Crippen molar-refractivity contribution in [3.8, 4) is 5.75 Å². The molecule has 114 valence electrons. The van der Waals surface area contributed by atoms with Gasteiger partial charge in [-0.1, -0.05) is 45.0 Å². The Labute approximate surface area is 127 Å². The summed E-state index contributed by atoms with van der Waals surface area (Å²) in [7, 11) is 0. The van der Waals surface area contributed by atoms with E-state index < -0.39 is 0 Å². The van der Waals surface area contributed by atoms with Crippen LogP contribution in [0.15, 0.2) is 36.7 Å². The van der Waals surface area contributed by atoms with Gasteiger partial charge >= 0.3 is 0 Å². The smallest absolute Gasteiger partial charge is 0.157 e. The predicted molar refractivity (Wildman–Crippen MR) is 85.3 cm³/mol. The van der Waals surface area contributed by atoms with Crippen molar-refractivity contribution in [2.24, 2.45) is 0 Å². The lowest BCUT2D eigenvalue weighted by molar-refractivity contribution is 0.305. The zero-order valence-electron chi connectivity index (χ0n) is 13.2. The number of aromatic nitrogens is 2. The van der Waals surface area contributed by atoms with Crippen LogP contribution >= 0.6 is 0 Å². The lowest BCUT2D eigenvalue weighted by Gasteiger charge is -2.09. The Balaban J connectivity index is 1.88. The number of benzene rings is 1. The first-order valence-corrected chi connectivity index (χ1v) is 7.64. The molecule has 0 unspecified atom stereocenters. The molecule has 1 aromatic heterocycles. The maximum absolute atomic E-state index is 5.80. The average Bonchev–Trinajstić information content (AvgIpc) is 2.92. The van der Waals surface area contributed by atoms with Gasteiger partial charge in [-0.2, -0.15) is 5.10 Å². The Bertz CT molecular complexity index is 548. The minimum Gasteiger partial charge on any atom is -0.486 e. The predicted octanol–water partition coefficient (Wildman–Crippen LogP) is 3.37. The highest BCUT2D eigenvalue weighted by Gasteiger charge is 2.01. The van der Waals surface area contributed by atoms with Crippen molar-refractivity contribution in [3.63, 3.8) is 0 Å². The van der Waals surface area contributed by atoms with E-state index in [0.717, 1.165) is 25.3 Å². The Morgan fingerprint density at radius 2 is 2.10 bits per heavy atom. The summed E-state index contributed by atoms with van der Waals surface area (Å²) < 4.78 is 7.71. The van der Waals surface area contributed by atoms with Gasteiger partial charge in [0.1, 0.15) is 6.61 Å². The van der Waals surface area contributed by atoms with Crippen LogP contribution in [0, 0.1) is 0 Å². The molecule has 1 heterocycles. The molecule has 0 bridgehead atoms. The highest BCUT2D eigenvalue weighted by atomic mass is 16.5. The molecule has 0 saturated heterocycles. The third-order valence-corrected chi connectivity index (χ3v) is 3.17. The number of ether oxygens (including phenoxy) is 1. The van der Waals surface area contributed by atoms with Crippen molar-refractivity contribution in [2.75, 3.05) is 0 Å². The van der Waals surface area contributed by atoms with Crippen molar-refractivity contribution < 1.29 is 4.74 Å². The van der Waals surface area contributed by atoms with Crippen LogP contribution in [0.3, 0.4) is 0 Å². The number of hydrogen-bond acceptors (Lipinski definition) is 3. The average molecular weight is 287 g/mol. The Kier molecular flexibility index (Phi) is 5.81. The molecule has 0 atom stereocenters. The van der Waals surface area contributed by atoms with E-state index in [4.69, 9.17) is 4.74 Å². The van der Waals surface area contributed by atoms with E-state index in [0.29, 0.717) is 12.6 Å². The minimum atomic E-state index is 0.495. The van der Waals surface area contributed by atoms with Crippen LogP contribution in [0.1, 0.15) is 38.3 Å². The molecule has 0 aliphatic heterocycles. The highest BCUT2D eigenvalue weighted by Crippen LogP contribution is 2.13. The van der Waals surface area contributed by atoms with Crippen molar-refractivity contribution in [3.05, 3.63) is 47.8 Å². The zero-order valence-corrected chi connectivity index (χ0v) is 13.2. The molecule has 21 heavy (non-hydrogen) atoms. The molecule has 2 aromatic rings. The SMILES string of the molecule is CCCn1cc(OCc2cccc(CNC(C)C)c2)cn1. The molecule has 0 spiro atoms. The zero-order chi connectivity index (χ0) is 15.1. The van der Waals surface area contributed by atoms with E-state index in [1.54, 1.807) is 6.20 Å². The maximum atomic E-state index is 5.80. The van der Waals surface area contributed by atoms with Crippen molar-refractivity contribution in [1.82, 2.24) is 15.1 Å². The van der Waals surface area contributed by atoms with E-state index >= 15 is 0 Å². The molecule has 1 aromatic carbocycles. The van der Waals surface area contributed by atoms with Crippen molar-refractivity contribution in [1.29, 1.82) is 0 Å². The number of aryl methyl sites for hydroxylation is 1. The molecule has 0 aliphatic carbocycles. The molecule has 0 radical (unpaired) electrons. The van der Waals surface area contributed by atoms with Gasteiger partial charge in [-0.15, -0.1) is 0 Å². The Morgan fingerprint density at radius 1 is 1.29 bits per heavy atom. The van der Waals surface area contributed by atoms with Crippen molar-refractivity contribution >= 4 is 0 Å². The molecule has 2 rings (SSSR count). The summed E-state index contributed by atoms with van der Waals surface area (Å²) >= 11 is 0. The van der Waals surface area contributed by atoms with Gasteiger partial charge in [-0.3, -0.25) is 4.68 Å². The summed E-state index contributed by atoms with van der Waals surface area (Å²) in [5.41, 5.74) is 2.47. The lowest BCUT2D eigenvalue weighted by atomic mass is 10.1. The molecule has 0 aliphatic rings. The first-order valence-electron chi connectivity index (χ1n) is 7.64. The number of hydrogen-bond donors (Lipinski definition) is 1. The summed E-state index contributed by atoms with van der Waals surface area (Å²) in [4.78, 5) is 0. The van der Waals surface area contributed by atoms with E-state index in [9.17, 15) is 0 Å². The summed E-state index contributed by atoms with van der Waals surface area (Å²) in [6.45, 7) is 8.84. The van der Waals surface area contributed by atoms with Crippen LogP contribution in [-0.4, -0.2) is 15.8 Å².